The number of nitrogens with two attached hydrogens (primary N) is 1. The Balaban J connectivity index is 1.76. The van der Waals surface area contributed by atoms with E-state index < -0.39 is 75.4 Å². The van der Waals surface area contributed by atoms with Crippen molar-refractivity contribution in [1.29, 1.82) is 0 Å². The van der Waals surface area contributed by atoms with Gasteiger partial charge in [-0.3, -0.25) is 10.1 Å². The van der Waals surface area contributed by atoms with Crippen molar-refractivity contribution in [2.75, 3.05) is 24.7 Å². The molecule has 2 aromatic carbocycles. The molecule has 18 heteroatoms. The van der Waals surface area contributed by atoms with Gasteiger partial charge >= 0.3 is 0 Å². The summed E-state index contributed by atoms with van der Waals surface area (Å²) in [4.78, 5) is 15.9. The van der Waals surface area contributed by atoms with Crippen LogP contribution in [0.2, 0.25) is 0 Å². The molecule has 17 nitrogen and oxygen atoms in total. The Bertz CT molecular complexity index is 1410. The van der Waals surface area contributed by atoms with Crippen molar-refractivity contribution in [3.05, 3.63) is 46.6 Å². The maximum Gasteiger partial charge on any atom is 0.294 e. The zero-order valence-corrected chi connectivity index (χ0v) is 22.1. The monoisotopic (exact) mass is 600 g/mol. The zero-order chi connectivity index (χ0) is 31.1. The second-order valence-corrected chi connectivity index (χ2v) is 9.86. The first-order valence-electron chi connectivity index (χ1n) is 11.3. The topological polar surface area (TPSA) is 312 Å². The fraction of sp³-hybridized carbons (Fsp3) is 0.304. The molecule has 3 rings (SSSR count). The summed E-state index contributed by atoms with van der Waals surface area (Å²) in [6.45, 7) is 0.170. The van der Waals surface area contributed by atoms with Gasteiger partial charge in [-0.15, -0.1) is 0 Å². The van der Waals surface area contributed by atoms with E-state index in [2.05, 4.69) is 10.3 Å². The molecule has 0 saturated carbocycles. The van der Waals surface area contributed by atoms with E-state index in [9.17, 15) is 61.0 Å². The van der Waals surface area contributed by atoms with Gasteiger partial charge in [-0.05, 0) is 19.1 Å². The molecular formula is C23H28N4O13S. The molecule has 0 aliphatic heterocycles. The number of hydrogen-bond acceptors (Lipinski definition) is 17. The third-order valence-electron chi connectivity index (χ3n) is 6.02. The van der Waals surface area contributed by atoms with Crippen molar-refractivity contribution in [2.45, 2.75) is 30.5 Å². The number of carbonyl (C=O) groups is 1. The van der Waals surface area contributed by atoms with Gasteiger partial charge in [-0.1, -0.05) is 23.5 Å². The van der Waals surface area contributed by atoms with Gasteiger partial charge in [0.05, 0.1) is 6.54 Å². The van der Waals surface area contributed by atoms with E-state index in [1.807, 2.05) is 5.32 Å². The van der Waals surface area contributed by atoms with Gasteiger partial charge in [0, 0.05) is 29.5 Å². The predicted octanol–water partition coefficient (Wildman–Crippen LogP) is -1.91. The Kier molecular flexibility index (Phi) is 8.56. The lowest BCUT2D eigenvalue weighted by molar-refractivity contribution is -0.271. The minimum absolute atomic E-state index is 0.0614. The summed E-state index contributed by atoms with van der Waals surface area (Å²) in [5, 5.41) is 115. The molecule has 0 fully saturated rings. The molecular weight excluding hydrogens is 572 g/mol. The highest BCUT2D eigenvalue weighted by Gasteiger charge is 2.43. The van der Waals surface area contributed by atoms with Gasteiger partial charge in [0.25, 0.3) is 17.6 Å². The Morgan fingerprint density at radius 1 is 0.976 bits per heavy atom. The Hall–Kier alpha value is -3.98. The van der Waals surface area contributed by atoms with Crippen LogP contribution in [-0.2, 0) is 21.1 Å². The molecule has 1 unspecified atom stereocenters. The predicted molar refractivity (Wildman–Crippen MR) is 138 cm³/mol. The fourth-order valence-electron chi connectivity index (χ4n) is 3.79. The fourth-order valence-corrected chi connectivity index (χ4v) is 4.41. The molecule has 224 valence electrons. The Morgan fingerprint density at radius 2 is 1.54 bits per heavy atom. The van der Waals surface area contributed by atoms with E-state index in [1.165, 1.54) is 6.92 Å². The number of carbonyl (C=O) groups excluding carboxylic acids is 1. The highest BCUT2D eigenvalue weighted by Crippen LogP contribution is 2.50. The Labute approximate surface area is 234 Å². The van der Waals surface area contributed by atoms with Crippen molar-refractivity contribution in [2.24, 2.45) is 0 Å². The van der Waals surface area contributed by atoms with Crippen LogP contribution in [0.25, 0.3) is 0 Å². The molecule has 1 atom stereocenters. The standard InChI is InChI=1S/C23H28N4O13S/c1-8-11(13(29)15(31)14(30)12(8)28)17(40-2)23(38,39)25-7-21(34,35)9-3-5-10(6-4-9)26-19(33)22(36,37)16-18(32)41-20(24)27-16/h3-6,17,25,28-32,34-39H,7H2,1-2H3,(H2,24,27)(H,26,33). The number of nitrogens with zero attached hydrogens (tertiary/aromatic N) is 1. The SMILES string of the molecule is COC(c1c(C)c(O)c(O)c(O)c1O)C(O)(O)NCC(O)(O)c1ccc(NC(=O)C(O)(O)c2nc(N)sc2O)cc1. The average Bonchev–Trinajstić information content (AvgIpc) is 3.26. The molecule has 0 radical (unpaired) electrons. The third-order valence-corrected chi connectivity index (χ3v) is 6.71. The molecule has 3 aromatic rings. The zero-order valence-electron chi connectivity index (χ0n) is 21.3. The number of hydrogen-bond donors (Lipinski definition) is 14. The van der Waals surface area contributed by atoms with Crippen LogP contribution < -0.4 is 16.4 Å². The molecule has 0 aliphatic carbocycles. The number of rotatable bonds is 10. The lowest BCUT2D eigenvalue weighted by atomic mass is 9.96. The summed E-state index contributed by atoms with van der Waals surface area (Å²) in [6, 6.07) is 4.43. The van der Waals surface area contributed by atoms with Crippen LogP contribution in [0, 0.1) is 6.92 Å². The maximum atomic E-state index is 12.4. The van der Waals surface area contributed by atoms with Crippen LogP contribution in [0.5, 0.6) is 28.1 Å². The number of ether oxygens (including phenoxy) is 1. The van der Waals surface area contributed by atoms with Crippen molar-refractivity contribution < 1.29 is 65.7 Å². The number of thiazole rings is 1. The number of aromatic nitrogens is 1. The second-order valence-electron chi connectivity index (χ2n) is 8.85. The number of methoxy groups -OCH3 is 1. The molecule has 0 aliphatic rings. The third kappa shape index (κ3) is 6.05. The molecule has 1 amide bonds. The first-order valence-corrected chi connectivity index (χ1v) is 12.1. The van der Waals surface area contributed by atoms with E-state index in [0.29, 0.717) is 11.3 Å². The largest absolute Gasteiger partial charge is 0.504 e. The summed E-state index contributed by atoms with van der Waals surface area (Å²) in [7, 11) is 0.976. The number of aromatic hydroxyl groups is 5. The molecule has 0 spiro atoms. The van der Waals surface area contributed by atoms with Crippen molar-refractivity contribution in [1.82, 2.24) is 10.3 Å². The van der Waals surface area contributed by atoms with Crippen LogP contribution in [-0.4, -0.2) is 86.6 Å². The summed E-state index contributed by atoms with van der Waals surface area (Å²) in [6.07, 6.45) is -1.96. The van der Waals surface area contributed by atoms with Gasteiger partial charge in [0.1, 0.15) is 0 Å². The van der Waals surface area contributed by atoms with E-state index in [0.717, 1.165) is 31.4 Å². The van der Waals surface area contributed by atoms with Gasteiger partial charge in [0.15, 0.2) is 28.4 Å². The number of nitrogen functional groups attached to an aromatic ring is 1. The number of aliphatic hydroxyl groups is 6. The van der Waals surface area contributed by atoms with E-state index in [1.54, 1.807) is 0 Å². The molecule has 41 heavy (non-hydrogen) atoms. The van der Waals surface area contributed by atoms with Crippen molar-refractivity contribution in [3.8, 4) is 28.1 Å². The molecule has 1 aromatic heterocycles. The van der Waals surface area contributed by atoms with Crippen LogP contribution in [0.1, 0.15) is 28.5 Å². The van der Waals surface area contributed by atoms with Crippen molar-refractivity contribution >= 4 is 28.1 Å². The highest BCUT2D eigenvalue weighted by molar-refractivity contribution is 7.17. The maximum absolute atomic E-state index is 12.4. The van der Waals surface area contributed by atoms with Crippen LogP contribution >= 0.6 is 11.3 Å². The number of phenols is 4. The second kappa shape index (κ2) is 11.1. The smallest absolute Gasteiger partial charge is 0.294 e. The molecule has 0 bridgehead atoms. The van der Waals surface area contributed by atoms with E-state index in [-0.39, 0.29) is 21.9 Å². The number of amides is 1. The summed E-state index contributed by atoms with van der Waals surface area (Å²) in [5.74, 6) is -14.8. The van der Waals surface area contributed by atoms with E-state index in [4.69, 9.17) is 10.5 Å². The van der Waals surface area contributed by atoms with Gasteiger partial charge < -0.3 is 72.0 Å². The molecule has 1 heterocycles. The van der Waals surface area contributed by atoms with Gasteiger partial charge in [-0.2, -0.15) is 0 Å². The lowest BCUT2D eigenvalue weighted by Crippen LogP contribution is -2.55. The summed E-state index contributed by atoms with van der Waals surface area (Å²) in [5.41, 5.74) is 3.44. The number of phenolic OH excluding ortho intramolecular Hbond substituents is 4. The number of benzene rings is 2. The summed E-state index contributed by atoms with van der Waals surface area (Å²) < 4.78 is 5.01. The number of anilines is 2. The first kappa shape index (κ1) is 31.5. The highest BCUT2D eigenvalue weighted by atomic mass is 32.1. The van der Waals surface area contributed by atoms with Crippen LogP contribution in [0.3, 0.4) is 0 Å². The van der Waals surface area contributed by atoms with Crippen LogP contribution in [0.4, 0.5) is 10.8 Å². The lowest BCUT2D eigenvalue weighted by Gasteiger charge is -2.35. The quantitative estimate of drug-likeness (QED) is 0.0685. The summed E-state index contributed by atoms with van der Waals surface area (Å²) >= 11 is 0.508. The van der Waals surface area contributed by atoms with Crippen LogP contribution in [0.15, 0.2) is 24.3 Å². The van der Waals surface area contributed by atoms with Crippen molar-refractivity contribution in [3.63, 3.8) is 0 Å². The molecule has 15 N–H and O–H groups in total. The number of nitrogens with one attached hydrogen (secondary N) is 2. The van der Waals surface area contributed by atoms with E-state index >= 15 is 0 Å². The average molecular weight is 601 g/mol. The van der Waals surface area contributed by atoms with Gasteiger partial charge in [0.2, 0.25) is 22.3 Å². The molecule has 0 saturated heterocycles. The minimum atomic E-state index is -3.26. The first-order chi connectivity index (χ1) is 18.8. The van der Waals surface area contributed by atoms with Gasteiger partial charge in [-0.25, -0.2) is 4.98 Å². The minimum Gasteiger partial charge on any atom is -0.504 e. The normalized spacial score (nSPS) is 13.3. The Morgan fingerprint density at radius 3 is 2.05 bits per heavy atom.